The third kappa shape index (κ3) is 6.26. The number of nitrogens with one attached hydrogen (secondary N) is 1. The van der Waals surface area contributed by atoms with E-state index in [1.807, 2.05) is 30.3 Å². The Morgan fingerprint density at radius 1 is 1.05 bits per heavy atom. The van der Waals surface area contributed by atoms with Crippen LogP contribution in [-0.2, 0) is 6.18 Å². The van der Waals surface area contributed by atoms with Gasteiger partial charge in [-0.25, -0.2) is 0 Å². The Hall–Kier alpha value is -3.50. The number of H-pyrrole nitrogens is 1. The van der Waals surface area contributed by atoms with Crippen LogP contribution in [0.1, 0.15) is 48.1 Å². The van der Waals surface area contributed by atoms with E-state index in [0.717, 1.165) is 62.2 Å². The van der Waals surface area contributed by atoms with Crippen molar-refractivity contribution in [2.45, 2.75) is 31.9 Å². The summed E-state index contributed by atoms with van der Waals surface area (Å²) >= 11 is 6.52. The number of aromatic nitrogens is 3. The number of alkyl halides is 4. The largest absolute Gasteiger partial charge is 0.492 e. The van der Waals surface area contributed by atoms with E-state index >= 15 is 0 Å². The summed E-state index contributed by atoms with van der Waals surface area (Å²) in [4.78, 5) is 6.43. The fourth-order valence-electron chi connectivity index (χ4n) is 5.87. The summed E-state index contributed by atoms with van der Waals surface area (Å²) in [5, 5.41) is 6.54. The van der Waals surface area contributed by atoms with Crippen LogP contribution in [0, 0.1) is 17.8 Å². The first kappa shape index (κ1) is 29.6. The van der Waals surface area contributed by atoms with Gasteiger partial charge in [0.25, 0.3) is 0 Å². The molecule has 4 aromatic rings. The number of ether oxygens (including phenoxy) is 1. The number of rotatable bonds is 9. The lowest BCUT2D eigenvalue weighted by molar-refractivity contribution is -0.137. The zero-order chi connectivity index (χ0) is 30.1. The average molecular weight is 617 g/mol. The molecule has 2 fully saturated rings. The van der Waals surface area contributed by atoms with Crippen molar-refractivity contribution in [3.8, 4) is 5.75 Å². The average Bonchev–Trinajstić information content (AvgIpc) is 3.58. The number of hydrogen-bond donors (Lipinski definition) is 1. The zero-order valence-electron chi connectivity index (χ0n) is 23.2. The number of pyridine rings is 1. The maximum atomic E-state index is 14.6. The summed E-state index contributed by atoms with van der Waals surface area (Å²) in [5.41, 5.74) is 2.74. The van der Waals surface area contributed by atoms with Crippen molar-refractivity contribution >= 4 is 33.7 Å². The third-order valence-corrected chi connectivity index (χ3v) is 8.71. The molecule has 226 valence electrons. The van der Waals surface area contributed by atoms with Crippen LogP contribution < -0.4 is 4.74 Å². The highest BCUT2D eigenvalue weighted by molar-refractivity contribution is 6.32. The van der Waals surface area contributed by atoms with Crippen molar-refractivity contribution in [2.75, 3.05) is 32.9 Å². The van der Waals surface area contributed by atoms with Gasteiger partial charge in [0.15, 0.2) is 0 Å². The molecule has 1 atom stereocenters. The molecule has 0 unspecified atom stereocenters. The molecule has 1 saturated heterocycles. The molecule has 0 amide bonds. The Balaban J connectivity index is 1.39. The van der Waals surface area contributed by atoms with Gasteiger partial charge in [0.05, 0.1) is 33.9 Å². The summed E-state index contributed by atoms with van der Waals surface area (Å²) < 4.78 is 73.8. The van der Waals surface area contributed by atoms with Crippen molar-refractivity contribution in [1.82, 2.24) is 20.1 Å². The molecule has 2 aromatic heterocycles. The Kier molecular flexibility index (Phi) is 8.42. The molecule has 0 radical (unpaired) electrons. The molecule has 0 bridgehead atoms. The van der Waals surface area contributed by atoms with Crippen LogP contribution in [0.25, 0.3) is 22.0 Å². The normalized spacial score (nSPS) is 18.6. The van der Waals surface area contributed by atoms with E-state index in [2.05, 4.69) is 20.1 Å². The predicted molar refractivity (Wildman–Crippen MR) is 156 cm³/mol. The SMILES string of the molecule is FC[C@@H]1CCN(CCOc2ccc(/C(=C(\c3ncc(C(F)(F)F)cc3Cl)C3CCC3)c3ccc4[nH]nc(F)c4c3)cc2)C1. The number of hydrogen-bond acceptors (Lipinski definition) is 4. The predicted octanol–water partition coefficient (Wildman–Crippen LogP) is 8.20. The van der Waals surface area contributed by atoms with Gasteiger partial charge in [0, 0.05) is 25.2 Å². The van der Waals surface area contributed by atoms with Crippen molar-refractivity contribution in [1.29, 1.82) is 0 Å². The lowest BCUT2D eigenvalue weighted by Crippen LogP contribution is -2.26. The summed E-state index contributed by atoms with van der Waals surface area (Å²) in [6.07, 6.45) is -0.311. The standard InChI is InChI=1S/C32H30ClF5N4O/c33-26-15-23(32(36,37)38)17-39-30(26)29(20-2-1-3-20)28(22-6-9-27-25(14-22)31(35)41-40-27)21-4-7-24(8-5-21)43-13-12-42-11-10-19(16-34)18-42/h4-9,14-15,17,19-20H,1-3,10-13,16,18H2,(H,40,41)/b29-28+/t19-/m0/s1. The summed E-state index contributed by atoms with van der Waals surface area (Å²) in [6, 6.07) is 13.6. The molecule has 1 N–H and O–H groups in total. The molecule has 1 saturated carbocycles. The number of aromatic amines is 1. The number of likely N-dealkylation sites (tertiary alicyclic amines) is 1. The summed E-state index contributed by atoms with van der Waals surface area (Å²) in [7, 11) is 0. The number of nitrogens with zero attached hydrogens (tertiary/aromatic N) is 3. The summed E-state index contributed by atoms with van der Waals surface area (Å²) in [6.45, 7) is 2.44. The Morgan fingerprint density at radius 2 is 1.81 bits per heavy atom. The van der Waals surface area contributed by atoms with Crippen molar-refractivity contribution in [2.24, 2.45) is 11.8 Å². The number of halogens is 6. The fraction of sp³-hybridized carbons (Fsp3) is 0.375. The molecular weight excluding hydrogens is 587 g/mol. The highest BCUT2D eigenvalue weighted by Gasteiger charge is 2.34. The maximum Gasteiger partial charge on any atom is 0.417 e. The minimum atomic E-state index is -4.58. The maximum absolute atomic E-state index is 14.6. The molecule has 11 heteroatoms. The fourth-order valence-corrected chi connectivity index (χ4v) is 6.14. The van der Waals surface area contributed by atoms with Crippen LogP contribution in [0.5, 0.6) is 5.75 Å². The van der Waals surface area contributed by atoms with Crippen molar-refractivity contribution < 1.29 is 26.7 Å². The molecule has 1 aliphatic carbocycles. The van der Waals surface area contributed by atoms with Gasteiger partial charge in [0.2, 0.25) is 5.95 Å². The number of allylic oxidation sites excluding steroid dienone is 1. The quantitative estimate of drug-likeness (QED) is 0.193. The van der Waals surface area contributed by atoms with E-state index < -0.39 is 17.7 Å². The van der Waals surface area contributed by atoms with Gasteiger partial charge in [-0.15, -0.1) is 5.10 Å². The van der Waals surface area contributed by atoms with E-state index in [1.54, 1.807) is 12.1 Å². The highest BCUT2D eigenvalue weighted by Crippen LogP contribution is 2.47. The lowest BCUT2D eigenvalue weighted by Gasteiger charge is -2.31. The second-order valence-corrected chi connectivity index (χ2v) is 11.6. The van der Waals surface area contributed by atoms with Crippen LogP contribution in [0.2, 0.25) is 5.02 Å². The van der Waals surface area contributed by atoms with E-state index in [9.17, 15) is 22.0 Å². The van der Waals surface area contributed by atoms with Crippen molar-refractivity contribution in [3.63, 3.8) is 0 Å². The molecule has 6 rings (SSSR count). The van der Waals surface area contributed by atoms with Crippen LogP contribution in [-0.4, -0.2) is 53.0 Å². The van der Waals surface area contributed by atoms with Gasteiger partial charge in [-0.05, 0) is 84.3 Å². The smallest absolute Gasteiger partial charge is 0.417 e. The van der Waals surface area contributed by atoms with Gasteiger partial charge in [0.1, 0.15) is 12.4 Å². The van der Waals surface area contributed by atoms with Gasteiger partial charge in [-0.3, -0.25) is 19.4 Å². The van der Waals surface area contributed by atoms with Gasteiger partial charge in [-0.1, -0.05) is 36.2 Å². The first-order valence-electron chi connectivity index (χ1n) is 14.3. The Morgan fingerprint density at radius 3 is 2.47 bits per heavy atom. The highest BCUT2D eigenvalue weighted by atomic mass is 35.5. The minimum Gasteiger partial charge on any atom is -0.492 e. The second kappa shape index (κ2) is 12.2. The first-order valence-corrected chi connectivity index (χ1v) is 14.7. The molecule has 1 aliphatic heterocycles. The van der Waals surface area contributed by atoms with E-state index in [1.165, 1.54) is 0 Å². The topological polar surface area (TPSA) is 54.0 Å². The first-order chi connectivity index (χ1) is 20.7. The van der Waals surface area contributed by atoms with Crippen LogP contribution in [0.3, 0.4) is 0 Å². The Bertz CT molecular complexity index is 1630. The van der Waals surface area contributed by atoms with Gasteiger partial charge in [-0.2, -0.15) is 17.6 Å². The minimum absolute atomic E-state index is 0.00571. The zero-order valence-corrected chi connectivity index (χ0v) is 24.0. The molecule has 5 nitrogen and oxygen atoms in total. The molecule has 2 aliphatic rings. The molecule has 2 aromatic carbocycles. The Labute approximate surface area is 250 Å². The van der Waals surface area contributed by atoms with Crippen LogP contribution in [0.4, 0.5) is 22.0 Å². The number of fused-ring (bicyclic) bond motifs is 1. The lowest BCUT2D eigenvalue weighted by atomic mass is 9.74. The van der Waals surface area contributed by atoms with E-state index in [-0.39, 0.29) is 29.2 Å². The van der Waals surface area contributed by atoms with E-state index in [0.29, 0.717) is 40.9 Å². The van der Waals surface area contributed by atoms with Crippen molar-refractivity contribution in [3.05, 3.63) is 88.1 Å². The monoisotopic (exact) mass is 616 g/mol. The van der Waals surface area contributed by atoms with Gasteiger partial charge < -0.3 is 4.74 Å². The second-order valence-electron chi connectivity index (χ2n) is 11.2. The number of benzene rings is 2. The molecule has 3 heterocycles. The third-order valence-electron chi connectivity index (χ3n) is 8.42. The summed E-state index contributed by atoms with van der Waals surface area (Å²) in [5.74, 6) is 0.103. The van der Waals surface area contributed by atoms with Gasteiger partial charge >= 0.3 is 6.18 Å². The van der Waals surface area contributed by atoms with Crippen LogP contribution >= 0.6 is 11.6 Å². The molecule has 0 spiro atoms. The van der Waals surface area contributed by atoms with Crippen LogP contribution in [0.15, 0.2) is 54.7 Å². The van der Waals surface area contributed by atoms with E-state index in [4.69, 9.17) is 16.3 Å². The molecular formula is C32H30ClF5N4O. The molecule has 43 heavy (non-hydrogen) atoms.